The highest BCUT2D eigenvalue weighted by Crippen LogP contribution is 1.88. The molecular formula is C7H13NO3. The Morgan fingerprint density at radius 1 is 1.36 bits per heavy atom. The van der Waals surface area contributed by atoms with Gasteiger partial charge in [0.05, 0.1) is 19.3 Å². The van der Waals surface area contributed by atoms with E-state index in [9.17, 15) is 4.79 Å². The van der Waals surface area contributed by atoms with Crippen molar-refractivity contribution in [2.45, 2.75) is 13.8 Å². The topological polar surface area (TPSA) is 61.5 Å². The first-order valence-electron chi connectivity index (χ1n) is 3.47. The van der Waals surface area contributed by atoms with Crippen LogP contribution in [0.4, 0.5) is 0 Å². The second-order valence-corrected chi connectivity index (χ2v) is 1.73. The number of rotatable bonds is 4. The molecule has 0 atom stereocenters. The fourth-order valence-electron chi connectivity index (χ4n) is 0.508. The molecule has 0 fully saturated rings. The van der Waals surface area contributed by atoms with E-state index in [1.165, 1.54) is 0 Å². The molecule has 0 spiro atoms. The van der Waals surface area contributed by atoms with E-state index in [1.54, 1.807) is 13.8 Å². The molecule has 0 saturated heterocycles. The molecule has 4 nitrogen and oxygen atoms in total. The maximum atomic E-state index is 10.7. The first kappa shape index (κ1) is 9.81. The Balaban J connectivity index is 3.76. The third-order valence-corrected chi connectivity index (χ3v) is 0.858. The van der Waals surface area contributed by atoms with Gasteiger partial charge in [0.25, 0.3) is 0 Å². The second-order valence-electron chi connectivity index (χ2n) is 1.73. The fraction of sp³-hybridized carbons (Fsp3) is 0.571. The van der Waals surface area contributed by atoms with Crippen LogP contribution in [0.15, 0.2) is 12.0 Å². The molecular weight excluding hydrogens is 146 g/mol. The van der Waals surface area contributed by atoms with Gasteiger partial charge in [-0.25, -0.2) is 4.79 Å². The summed E-state index contributed by atoms with van der Waals surface area (Å²) in [5.74, 6) is -0.385. The molecule has 0 aromatic rings. The van der Waals surface area contributed by atoms with E-state index in [2.05, 4.69) is 4.74 Å². The number of ether oxygens (including phenoxy) is 2. The minimum absolute atomic E-state index is 0.0888. The van der Waals surface area contributed by atoms with Crippen LogP contribution in [0.25, 0.3) is 0 Å². The van der Waals surface area contributed by atoms with Gasteiger partial charge in [0.1, 0.15) is 0 Å². The normalized spacial score (nSPS) is 10.9. The van der Waals surface area contributed by atoms with E-state index in [1.807, 2.05) is 0 Å². The van der Waals surface area contributed by atoms with Gasteiger partial charge in [-0.1, -0.05) is 0 Å². The molecule has 0 rings (SSSR count). The fourth-order valence-corrected chi connectivity index (χ4v) is 0.508. The molecule has 0 aromatic heterocycles. The van der Waals surface area contributed by atoms with Gasteiger partial charge in [0.15, 0.2) is 5.88 Å². The van der Waals surface area contributed by atoms with Crippen molar-refractivity contribution < 1.29 is 14.3 Å². The molecule has 0 aromatic carbocycles. The maximum absolute atomic E-state index is 10.7. The number of carbonyl (C=O) groups is 1. The van der Waals surface area contributed by atoms with Gasteiger partial charge in [0.2, 0.25) is 0 Å². The van der Waals surface area contributed by atoms with Crippen molar-refractivity contribution >= 4 is 5.97 Å². The Morgan fingerprint density at radius 3 is 2.36 bits per heavy atom. The Hall–Kier alpha value is -1.19. The number of hydrogen-bond acceptors (Lipinski definition) is 4. The van der Waals surface area contributed by atoms with Crippen LogP contribution in [-0.4, -0.2) is 19.2 Å². The number of hydrogen-bond donors (Lipinski definition) is 1. The number of esters is 1. The molecule has 64 valence electrons. The van der Waals surface area contributed by atoms with Crippen molar-refractivity contribution in [3.05, 3.63) is 12.0 Å². The van der Waals surface area contributed by atoms with E-state index in [-0.39, 0.29) is 5.88 Å². The SMILES string of the molecule is CCOC(=O)/C=C(\N)OCC. The van der Waals surface area contributed by atoms with Crippen LogP contribution >= 0.6 is 0 Å². The molecule has 0 unspecified atom stereocenters. The molecule has 0 aliphatic heterocycles. The van der Waals surface area contributed by atoms with Gasteiger partial charge >= 0.3 is 5.97 Å². The lowest BCUT2D eigenvalue weighted by Crippen LogP contribution is -2.08. The molecule has 0 bridgehead atoms. The van der Waals surface area contributed by atoms with Crippen molar-refractivity contribution in [2.75, 3.05) is 13.2 Å². The van der Waals surface area contributed by atoms with Crippen LogP contribution in [0.1, 0.15) is 13.8 Å². The molecule has 2 N–H and O–H groups in total. The molecule has 0 saturated carbocycles. The van der Waals surface area contributed by atoms with Crippen LogP contribution in [0.2, 0.25) is 0 Å². The largest absolute Gasteiger partial charge is 0.479 e. The first-order chi connectivity index (χ1) is 5.20. The molecule has 0 aliphatic carbocycles. The Bertz CT molecular complexity index is 154. The van der Waals surface area contributed by atoms with Crippen LogP contribution in [0.5, 0.6) is 0 Å². The zero-order chi connectivity index (χ0) is 8.69. The summed E-state index contributed by atoms with van der Waals surface area (Å²) in [5, 5.41) is 0. The van der Waals surface area contributed by atoms with Crippen LogP contribution in [-0.2, 0) is 14.3 Å². The third kappa shape index (κ3) is 5.26. The third-order valence-electron chi connectivity index (χ3n) is 0.858. The summed E-state index contributed by atoms with van der Waals surface area (Å²) in [6.07, 6.45) is 1.12. The summed E-state index contributed by atoms with van der Waals surface area (Å²) in [6, 6.07) is 0. The van der Waals surface area contributed by atoms with Crippen LogP contribution in [0.3, 0.4) is 0 Å². The zero-order valence-corrected chi connectivity index (χ0v) is 6.79. The summed E-state index contributed by atoms with van der Waals surface area (Å²) in [5.41, 5.74) is 5.25. The smallest absolute Gasteiger partial charge is 0.336 e. The second kappa shape index (κ2) is 5.58. The minimum Gasteiger partial charge on any atom is -0.479 e. The van der Waals surface area contributed by atoms with Gasteiger partial charge in [-0.2, -0.15) is 0 Å². The first-order valence-corrected chi connectivity index (χ1v) is 3.47. The van der Waals surface area contributed by atoms with Gasteiger partial charge in [-0.3, -0.25) is 0 Å². The summed E-state index contributed by atoms with van der Waals surface area (Å²) in [6.45, 7) is 4.30. The van der Waals surface area contributed by atoms with Gasteiger partial charge in [-0.05, 0) is 13.8 Å². The van der Waals surface area contributed by atoms with Gasteiger partial charge in [0, 0.05) is 0 Å². The lowest BCUT2D eigenvalue weighted by molar-refractivity contribution is -0.137. The highest BCUT2D eigenvalue weighted by atomic mass is 16.5. The van der Waals surface area contributed by atoms with Crippen molar-refractivity contribution in [2.24, 2.45) is 5.73 Å². The minimum atomic E-state index is -0.474. The highest BCUT2D eigenvalue weighted by molar-refractivity contribution is 5.82. The van der Waals surface area contributed by atoms with Crippen molar-refractivity contribution in [1.82, 2.24) is 0 Å². The Labute approximate surface area is 66.0 Å². The van der Waals surface area contributed by atoms with E-state index < -0.39 is 5.97 Å². The summed E-state index contributed by atoms with van der Waals surface area (Å²) in [4.78, 5) is 10.7. The maximum Gasteiger partial charge on any atom is 0.336 e. The molecule has 0 amide bonds. The molecule has 11 heavy (non-hydrogen) atoms. The average Bonchev–Trinajstić information content (AvgIpc) is 1.87. The quantitative estimate of drug-likeness (QED) is 0.366. The van der Waals surface area contributed by atoms with E-state index in [0.29, 0.717) is 13.2 Å². The van der Waals surface area contributed by atoms with Crippen molar-refractivity contribution in [1.29, 1.82) is 0 Å². The number of nitrogens with two attached hydrogens (primary N) is 1. The lowest BCUT2D eigenvalue weighted by Gasteiger charge is -2.01. The average molecular weight is 159 g/mol. The van der Waals surface area contributed by atoms with Crippen LogP contribution in [0, 0.1) is 0 Å². The van der Waals surface area contributed by atoms with E-state index in [0.717, 1.165) is 6.08 Å². The molecule has 0 radical (unpaired) electrons. The summed E-state index contributed by atoms with van der Waals surface area (Å²) >= 11 is 0. The van der Waals surface area contributed by atoms with Gasteiger partial charge in [-0.15, -0.1) is 0 Å². The zero-order valence-electron chi connectivity index (χ0n) is 6.79. The lowest BCUT2D eigenvalue weighted by atomic mass is 10.6. The molecule has 0 aliphatic rings. The van der Waals surface area contributed by atoms with Crippen molar-refractivity contribution in [3.63, 3.8) is 0 Å². The van der Waals surface area contributed by atoms with E-state index >= 15 is 0 Å². The summed E-state index contributed by atoms with van der Waals surface area (Å²) < 4.78 is 9.38. The molecule has 4 heteroatoms. The van der Waals surface area contributed by atoms with E-state index in [4.69, 9.17) is 10.5 Å². The number of carbonyl (C=O) groups excluding carboxylic acids is 1. The summed E-state index contributed by atoms with van der Waals surface area (Å²) in [7, 11) is 0. The standard InChI is InChI=1S/C7H13NO3/c1-3-10-6(8)5-7(9)11-4-2/h5H,3-4,8H2,1-2H3/b6-5+. The monoisotopic (exact) mass is 159 g/mol. The molecule has 0 heterocycles. The van der Waals surface area contributed by atoms with Gasteiger partial charge < -0.3 is 15.2 Å². The predicted molar refractivity (Wildman–Crippen MR) is 40.5 cm³/mol. The predicted octanol–water partition coefficient (Wildman–Crippen LogP) is 0.386. The van der Waals surface area contributed by atoms with Crippen molar-refractivity contribution in [3.8, 4) is 0 Å². The highest BCUT2D eigenvalue weighted by Gasteiger charge is 1.97. The Kier molecular flexibility index (Phi) is 4.98. The van der Waals surface area contributed by atoms with Crippen LogP contribution < -0.4 is 5.73 Å². The Morgan fingerprint density at radius 2 is 1.91 bits per heavy atom.